The molecule has 1 aromatic rings. The average Bonchev–Trinajstić information content (AvgIpc) is 2.06. The van der Waals surface area contributed by atoms with E-state index in [2.05, 4.69) is 5.32 Å². The van der Waals surface area contributed by atoms with Gasteiger partial charge in [0, 0.05) is 18.3 Å². The number of hydrogen-bond donors (Lipinski definition) is 3. The summed E-state index contributed by atoms with van der Waals surface area (Å²) in [6, 6.07) is 4.40. The summed E-state index contributed by atoms with van der Waals surface area (Å²) in [6.45, 7) is 1.30. The molecule has 16 heavy (non-hydrogen) atoms. The Bertz CT molecular complexity index is 510. The number of amides is 1. The zero-order chi connectivity index (χ0) is 12.3. The van der Waals surface area contributed by atoms with E-state index in [1.54, 1.807) is 0 Å². The zero-order valence-corrected chi connectivity index (χ0v) is 9.41. The molecule has 0 heterocycles. The number of nitrogens with two attached hydrogens (primary N) is 1. The van der Waals surface area contributed by atoms with Crippen LogP contribution in [0.3, 0.4) is 0 Å². The fourth-order valence-corrected chi connectivity index (χ4v) is 1.87. The summed E-state index contributed by atoms with van der Waals surface area (Å²) >= 11 is 0. The summed E-state index contributed by atoms with van der Waals surface area (Å²) in [7, 11) is -4.16. The molecule has 0 saturated carbocycles. The number of carbonyl (C=O) groups is 1. The Balaban J connectivity index is 3.13. The highest BCUT2D eigenvalue weighted by Gasteiger charge is 2.12. The molecule has 4 N–H and O–H groups in total. The lowest BCUT2D eigenvalue weighted by molar-refractivity contribution is -0.114. The molecule has 0 fully saturated rings. The molecule has 0 bridgehead atoms. The molecule has 6 nitrogen and oxygen atoms in total. The van der Waals surface area contributed by atoms with Crippen molar-refractivity contribution in [2.75, 3.05) is 11.1 Å². The number of anilines is 2. The van der Waals surface area contributed by atoms with Gasteiger partial charge in [0.1, 0.15) is 5.75 Å². The molecular weight excluding hydrogens is 232 g/mol. The van der Waals surface area contributed by atoms with E-state index in [4.69, 9.17) is 10.3 Å². The van der Waals surface area contributed by atoms with Gasteiger partial charge in [-0.15, -0.1) is 0 Å². The van der Waals surface area contributed by atoms with Crippen molar-refractivity contribution in [2.45, 2.75) is 12.7 Å². The van der Waals surface area contributed by atoms with Crippen LogP contribution in [0.15, 0.2) is 18.2 Å². The largest absolute Gasteiger partial charge is 0.399 e. The van der Waals surface area contributed by atoms with E-state index < -0.39 is 15.9 Å². The second kappa shape index (κ2) is 4.50. The van der Waals surface area contributed by atoms with Gasteiger partial charge in [0.05, 0.1) is 0 Å². The summed E-state index contributed by atoms with van der Waals surface area (Å²) < 4.78 is 30.2. The van der Waals surface area contributed by atoms with E-state index in [1.807, 2.05) is 0 Å². The third kappa shape index (κ3) is 3.87. The van der Waals surface area contributed by atoms with E-state index in [0.29, 0.717) is 11.4 Å². The van der Waals surface area contributed by atoms with Crippen LogP contribution in [0.5, 0.6) is 0 Å². The third-order valence-electron chi connectivity index (χ3n) is 1.78. The van der Waals surface area contributed by atoms with Crippen LogP contribution in [0, 0.1) is 0 Å². The van der Waals surface area contributed by atoms with Crippen molar-refractivity contribution in [3.63, 3.8) is 0 Å². The molecule has 0 aliphatic heterocycles. The highest BCUT2D eigenvalue weighted by Crippen LogP contribution is 2.20. The molecule has 0 atom stereocenters. The van der Waals surface area contributed by atoms with Gasteiger partial charge in [-0.05, 0) is 23.8 Å². The summed E-state index contributed by atoms with van der Waals surface area (Å²) in [5.41, 5.74) is 6.41. The minimum absolute atomic E-state index is 0.248. The monoisotopic (exact) mass is 244 g/mol. The van der Waals surface area contributed by atoms with Crippen LogP contribution in [0.25, 0.3) is 0 Å². The molecular formula is C9H12N2O4S. The van der Waals surface area contributed by atoms with Crippen LogP contribution in [-0.4, -0.2) is 18.9 Å². The SMILES string of the molecule is CC(=O)Nc1ccc(N)cc1CS(=O)(=O)O. The highest BCUT2D eigenvalue weighted by molar-refractivity contribution is 7.85. The van der Waals surface area contributed by atoms with Crippen molar-refractivity contribution < 1.29 is 17.8 Å². The molecule has 0 aliphatic rings. The van der Waals surface area contributed by atoms with Gasteiger partial charge in [-0.2, -0.15) is 8.42 Å². The van der Waals surface area contributed by atoms with Crippen molar-refractivity contribution in [2.24, 2.45) is 0 Å². The van der Waals surface area contributed by atoms with E-state index >= 15 is 0 Å². The van der Waals surface area contributed by atoms with Crippen LogP contribution < -0.4 is 11.1 Å². The topological polar surface area (TPSA) is 109 Å². The molecule has 7 heteroatoms. The molecule has 88 valence electrons. The van der Waals surface area contributed by atoms with Crippen molar-refractivity contribution >= 4 is 27.4 Å². The first-order valence-electron chi connectivity index (χ1n) is 4.39. The molecule has 0 spiro atoms. The van der Waals surface area contributed by atoms with Crippen LogP contribution in [0.2, 0.25) is 0 Å². The lowest BCUT2D eigenvalue weighted by Gasteiger charge is -2.09. The van der Waals surface area contributed by atoms with E-state index in [0.717, 1.165) is 0 Å². The number of benzene rings is 1. The zero-order valence-electron chi connectivity index (χ0n) is 8.60. The van der Waals surface area contributed by atoms with Gasteiger partial charge < -0.3 is 11.1 Å². The highest BCUT2D eigenvalue weighted by atomic mass is 32.2. The maximum Gasteiger partial charge on any atom is 0.269 e. The third-order valence-corrected chi connectivity index (χ3v) is 2.45. The quantitative estimate of drug-likeness (QED) is 0.533. The van der Waals surface area contributed by atoms with Gasteiger partial charge >= 0.3 is 0 Å². The lowest BCUT2D eigenvalue weighted by Crippen LogP contribution is -2.11. The number of hydrogen-bond acceptors (Lipinski definition) is 4. The second-order valence-corrected chi connectivity index (χ2v) is 4.78. The maximum absolute atomic E-state index is 10.9. The van der Waals surface area contributed by atoms with Gasteiger partial charge in [0.15, 0.2) is 0 Å². The van der Waals surface area contributed by atoms with Crippen LogP contribution in [0.4, 0.5) is 11.4 Å². The number of rotatable bonds is 3. The van der Waals surface area contributed by atoms with Crippen molar-refractivity contribution in [1.29, 1.82) is 0 Å². The summed E-state index contributed by atoms with van der Waals surface area (Å²) in [4.78, 5) is 10.9. The van der Waals surface area contributed by atoms with Gasteiger partial charge in [-0.1, -0.05) is 0 Å². The predicted molar refractivity (Wildman–Crippen MR) is 60.4 cm³/mol. The average molecular weight is 244 g/mol. The van der Waals surface area contributed by atoms with Gasteiger partial charge in [-0.25, -0.2) is 0 Å². The Kier molecular flexibility index (Phi) is 3.51. The summed E-state index contributed by atoms with van der Waals surface area (Å²) in [5.74, 6) is -0.922. The Hall–Kier alpha value is -1.60. The lowest BCUT2D eigenvalue weighted by atomic mass is 10.2. The summed E-state index contributed by atoms with van der Waals surface area (Å²) in [5, 5.41) is 2.45. The standard InChI is InChI=1S/C9H12N2O4S/c1-6(12)11-9-3-2-8(10)4-7(9)5-16(13,14)15/h2-4H,5,10H2,1H3,(H,11,12)(H,13,14,15). The molecule has 0 saturated heterocycles. The molecule has 0 aromatic heterocycles. The van der Waals surface area contributed by atoms with Gasteiger partial charge in [0.2, 0.25) is 5.91 Å². The van der Waals surface area contributed by atoms with Crippen molar-refractivity contribution in [1.82, 2.24) is 0 Å². The van der Waals surface area contributed by atoms with Gasteiger partial charge in [0.25, 0.3) is 10.1 Å². The fraction of sp³-hybridized carbons (Fsp3) is 0.222. The van der Waals surface area contributed by atoms with E-state index in [1.165, 1.54) is 25.1 Å². The molecule has 1 amide bonds. The first kappa shape index (κ1) is 12.5. The smallest absolute Gasteiger partial charge is 0.269 e. The normalized spacial score (nSPS) is 11.1. The second-order valence-electron chi connectivity index (χ2n) is 3.32. The molecule has 0 aliphatic carbocycles. The van der Waals surface area contributed by atoms with Gasteiger partial charge in [-0.3, -0.25) is 9.35 Å². The van der Waals surface area contributed by atoms with Crippen LogP contribution >= 0.6 is 0 Å². The maximum atomic E-state index is 10.9. The number of nitrogens with one attached hydrogen (secondary N) is 1. The Morgan fingerprint density at radius 1 is 1.50 bits per heavy atom. The van der Waals surface area contributed by atoms with Crippen molar-refractivity contribution in [3.05, 3.63) is 23.8 Å². The van der Waals surface area contributed by atoms with E-state index in [9.17, 15) is 13.2 Å². The summed E-state index contributed by atoms with van der Waals surface area (Å²) in [6.07, 6.45) is 0. The minimum Gasteiger partial charge on any atom is -0.399 e. The number of nitrogen functional groups attached to an aromatic ring is 1. The molecule has 1 aromatic carbocycles. The first-order valence-corrected chi connectivity index (χ1v) is 6.00. The predicted octanol–water partition coefficient (Wildman–Crippen LogP) is 0.615. The van der Waals surface area contributed by atoms with Crippen molar-refractivity contribution in [3.8, 4) is 0 Å². The van der Waals surface area contributed by atoms with Crippen LogP contribution in [-0.2, 0) is 20.7 Å². The van der Waals surface area contributed by atoms with Crippen LogP contribution in [0.1, 0.15) is 12.5 Å². The minimum atomic E-state index is -4.16. The molecule has 1 rings (SSSR count). The number of carbonyl (C=O) groups excluding carboxylic acids is 1. The fourth-order valence-electron chi connectivity index (χ4n) is 1.24. The first-order chi connectivity index (χ1) is 7.28. The van der Waals surface area contributed by atoms with E-state index in [-0.39, 0.29) is 11.5 Å². The molecule has 0 unspecified atom stereocenters. The molecule has 0 radical (unpaired) electrons. The Morgan fingerprint density at radius 3 is 2.62 bits per heavy atom. The Morgan fingerprint density at radius 2 is 2.12 bits per heavy atom. The Labute approximate surface area is 93.2 Å².